The van der Waals surface area contributed by atoms with Crippen molar-refractivity contribution in [1.29, 1.82) is 5.26 Å². The number of nitriles is 1. The maximum absolute atomic E-state index is 11.7. The van der Waals surface area contributed by atoms with E-state index in [1.807, 2.05) is 19.9 Å². The fraction of sp³-hybridized carbons (Fsp3) is 0.538. The van der Waals surface area contributed by atoms with Gasteiger partial charge in [0.25, 0.3) is 0 Å². The smallest absolute Gasteiger partial charge is 0.239 e. The third-order valence-corrected chi connectivity index (χ3v) is 2.39. The summed E-state index contributed by atoms with van der Waals surface area (Å²) in [6.07, 6.45) is 0. The lowest BCUT2D eigenvalue weighted by Gasteiger charge is -2.17. The van der Waals surface area contributed by atoms with Crippen LogP contribution in [0.4, 0.5) is 5.95 Å². The number of hydrogen-bond donors (Lipinski definition) is 1. The molecule has 0 aromatic carbocycles. The molecule has 19 heavy (non-hydrogen) atoms. The Morgan fingerprint density at radius 1 is 1.53 bits per heavy atom. The zero-order valence-electron chi connectivity index (χ0n) is 11.8. The first-order valence-electron chi connectivity index (χ1n) is 6.16. The minimum absolute atomic E-state index is 0.0835. The first-order valence-corrected chi connectivity index (χ1v) is 6.16. The predicted octanol–water partition coefficient (Wildman–Crippen LogP) is 0.865. The molecule has 0 saturated heterocycles. The van der Waals surface area contributed by atoms with Gasteiger partial charge in [-0.15, -0.1) is 0 Å². The standard InChI is InChI=1S/C13H19N5O/c1-9(2)7-15-12(19)8-18(4)13-16-10(3)5-11(6-14)17-13/h5,9H,7-8H2,1-4H3,(H,15,19). The van der Waals surface area contributed by atoms with Crippen LogP contribution in [-0.2, 0) is 4.79 Å². The number of rotatable bonds is 5. The molecule has 0 aliphatic carbocycles. The van der Waals surface area contributed by atoms with Gasteiger partial charge in [0.05, 0.1) is 6.54 Å². The van der Waals surface area contributed by atoms with Crippen LogP contribution in [0.5, 0.6) is 0 Å². The summed E-state index contributed by atoms with van der Waals surface area (Å²) in [6, 6.07) is 3.59. The fourth-order valence-corrected chi connectivity index (χ4v) is 1.44. The second-order valence-corrected chi connectivity index (χ2v) is 4.86. The quantitative estimate of drug-likeness (QED) is 0.850. The molecule has 0 aliphatic heterocycles. The minimum atomic E-state index is -0.0835. The van der Waals surface area contributed by atoms with E-state index in [0.717, 1.165) is 0 Å². The van der Waals surface area contributed by atoms with Gasteiger partial charge in [-0.1, -0.05) is 13.8 Å². The lowest BCUT2D eigenvalue weighted by molar-refractivity contribution is -0.119. The molecule has 0 atom stereocenters. The summed E-state index contributed by atoms with van der Waals surface area (Å²) >= 11 is 0. The average molecular weight is 261 g/mol. The van der Waals surface area contributed by atoms with Gasteiger partial charge >= 0.3 is 0 Å². The third-order valence-electron chi connectivity index (χ3n) is 2.39. The molecule has 1 rings (SSSR count). The van der Waals surface area contributed by atoms with E-state index in [9.17, 15) is 4.79 Å². The Morgan fingerprint density at radius 2 is 2.21 bits per heavy atom. The molecule has 6 nitrogen and oxygen atoms in total. The van der Waals surface area contributed by atoms with Crippen LogP contribution in [0.2, 0.25) is 0 Å². The van der Waals surface area contributed by atoms with E-state index in [4.69, 9.17) is 5.26 Å². The van der Waals surface area contributed by atoms with Crippen LogP contribution in [-0.4, -0.2) is 36.0 Å². The zero-order valence-corrected chi connectivity index (χ0v) is 11.8. The monoisotopic (exact) mass is 261 g/mol. The number of anilines is 1. The summed E-state index contributed by atoms with van der Waals surface area (Å²) in [5, 5.41) is 11.7. The molecule has 102 valence electrons. The summed E-state index contributed by atoms with van der Waals surface area (Å²) in [6.45, 7) is 6.67. The minimum Gasteiger partial charge on any atom is -0.354 e. The number of aryl methyl sites for hydroxylation is 1. The molecule has 1 N–H and O–H groups in total. The number of aromatic nitrogens is 2. The number of carbonyl (C=O) groups is 1. The number of hydrogen-bond acceptors (Lipinski definition) is 5. The van der Waals surface area contributed by atoms with Crippen molar-refractivity contribution in [2.75, 3.05) is 25.0 Å². The molecule has 1 amide bonds. The molecule has 0 bridgehead atoms. The highest BCUT2D eigenvalue weighted by Crippen LogP contribution is 2.07. The van der Waals surface area contributed by atoms with Gasteiger partial charge in [0.2, 0.25) is 11.9 Å². The lowest BCUT2D eigenvalue weighted by atomic mass is 10.2. The van der Waals surface area contributed by atoms with E-state index < -0.39 is 0 Å². The average Bonchev–Trinajstić information content (AvgIpc) is 2.35. The largest absolute Gasteiger partial charge is 0.354 e. The van der Waals surface area contributed by atoms with Gasteiger partial charge < -0.3 is 10.2 Å². The fourth-order valence-electron chi connectivity index (χ4n) is 1.44. The summed E-state index contributed by atoms with van der Waals surface area (Å²) in [5.74, 6) is 0.714. The number of likely N-dealkylation sites (N-methyl/N-ethyl adjacent to an activating group) is 1. The molecular weight excluding hydrogens is 242 g/mol. The molecule has 1 aromatic rings. The van der Waals surface area contributed by atoms with Crippen LogP contribution in [0.15, 0.2) is 6.07 Å². The number of carbonyl (C=O) groups excluding carboxylic acids is 1. The molecule has 0 fully saturated rings. The number of nitrogens with zero attached hydrogens (tertiary/aromatic N) is 4. The molecule has 0 spiro atoms. The summed E-state index contributed by atoms with van der Waals surface area (Å²) < 4.78 is 0. The Kier molecular flexibility index (Phi) is 5.24. The Morgan fingerprint density at radius 3 is 2.79 bits per heavy atom. The van der Waals surface area contributed by atoms with Crippen LogP contribution in [0, 0.1) is 24.2 Å². The van der Waals surface area contributed by atoms with Gasteiger partial charge in [-0.05, 0) is 18.9 Å². The van der Waals surface area contributed by atoms with Crippen molar-refractivity contribution in [3.8, 4) is 6.07 Å². The number of nitrogens with one attached hydrogen (secondary N) is 1. The third kappa shape index (κ3) is 4.92. The van der Waals surface area contributed by atoms with Crippen molar-refractivity contribution >= 4 is 11.9 Å². The van der Waals surface area contributed by atoms with Crippen molar-refractivity contribution in [3.63, 3.8) is 0 Å². The van der Waals surface area contributed by atoms with E-state index in [2.05, 4.69) is 15.3 Å². The normalized spacial score (nSPS) is 10.1. The maximum atomic E-state index is 11.7. The summed E-state index contributed by atoms with van der Waals surface area (Å²) in [7, 11) is 1.73. The van der Waals surface area contributed by atoms with Gasteiger partial charge in [-0.25, -0.2) is 9.97 Å². The highest BCUT2D eigenvalue weighted by Gasteiger charge is 2.11. The zero-order chi connectivity index (χ0) is 14.4. The topological polar surface area (TPSA) is 81.9 Å². The first kappa shape index (κ1) is 14.9. The lowest BCUT2D eigenvalue weighted by Crippen LogP contribution is -2.37. The van der Waals surface area contributed by atoms with Gasteiger partial charge in [-0.2, -0.15) is 5.26 Å². The maximum Gasteiger partial charge on any atom is 0.239 e. The first-order chi connectivity index (χ1) is 8.92. The van der Waals surface area contributed by atoms with Gasteiger partial charge in [-0.3, -0.25) is 4.79 Å². The molecule has 1 heterocycles. The van der Waals surface area contributed by atoms with Crippen LogP contribution >= 0.6 is 0 Å². The predicted molar refractivity (Wildman–Crippen MR) is 72.6 cm³/mol. The van der Waals surface area contributed by atoms with Crippen molar-refractivity contribution in [2.45, 2.75) is 20.8 Å². The molecule has 1 aromatic heterocycles. The molecule has 0 aliphatic rings. The Labute approximate surface area is 113 Å². The van der Waals surface area contributed by atoms with Crippen LogP contribution in [0.3, 0.4) is 0 Å². The van der Waals surface area contributed by atoms with E-state index in [-0.39, 0.29) is 12.5 Å². The van der Waals surface area contributed by atoms with E-state index >= 15 is 0 Å². The SMILES string of the molecule is Cc1cc(C#N)nc(N(C)CC(=O)NCC(C)C)n1. The van der Waals surface area contributed by atoms with Crippen LogP contribution in [0.1, 0.15) is 25.2 Å². The van der Waals surface area contributed by atoms with Crippen molar-refractivity contribution < 1.29 is 4.79 Å². The van der Waals surface area contributed by atoms with Crippen molar-refractivity contribution in [1.82, 2.24) is 15.3 Å². The van der Waals surface area contributed by atoms with Crippen LogP contribution in [0.25, 0.3) is 0 Å². The highest BCUT2D eigenvalue weighted by atomic mass is 16.2. The molecule has 0 saturated carbocycles. The van der Waals surface area contributed by atoms with Crippen molar-refractivity contribution in [2.24, 2.45) is 5.92 Å². The summed E-state index contributed by atoms with van der Waals surface area (Å²) in [4.78, 5) is 21.6. The van der Waals surface area contributed by atoms with Crippen LogP contribution < -0.4 is 10.2 Å². The molecular formula is C13H19N5O. The second kappa shape index (κ2) is 6.69. The van der Waals surface area contributed by atoms with E-state index in [1.165, 1.54) is 0 Å². The van der Waals surface area contributed by atoms with Gasteiger partial charge in [0.15, 0.2) is 0 Å². The summed E-state index contributed by atoms with van der Waals surface area (Å²) in [5.41, 5.74) is 1.01. The van der Waals surface area contributed by atoms with Gasteiger partial charge in [0.1, 0.15) is 11.8 Å². The number of amides is 1. The van der Waals surface area contributed by atoms with Crippen molar-refractivity contribution in [3.05, 3.63) is 17.5 Å². The highest BCUT2D eigenvalue weighted by molar-refractivity contribution is 5.80. The van der Waals surface area contributed by atoms with E-state index in [1.54, 1.807) is 24.9 Å². The molecule has 0 unspecified atom stereocenters. The van der Waals surface area contributed by atoms with E-state index in [0.29, 0.717) is 29.8 Å². The molecule has 0 radical (unpaired) electrons. The van der Waals surface area contributed by atoms with Gasteiger partial charge in [0, 0.05) is 19.3 Å². The second-order valence-electron chi connectivity index (χ2n) is 4.86. The Balaban J connectivity index is 2.68. The Bertz CT molecular complexity index is 492. The molecule has 6 heteroatoms. The Hall–Kier alpha value is -2.16.